The Labute approximate surface area is 136 Å². The minimum absolute atomic E-state index is 0.213. The lowest BCUT2D eigenvalue weighted by Crippen LogP contribution is -2.30. The van der Waals surface area contributed by atoms with Gasteiger partial charge in [0.15, 0.2) is 0 Å². The number of piperidine rings is 1. The Bertz CT molecular complexity index is 788. The van der Waals surface area contributed by atoms with Crippen LogP contribution in [0.1, 0.15) is 19.3 Å². The summed E-state index contributed by atoms with van der Waals surface area (Å²) >= 11 is 0. The van der Waals surface area contributed by atoms with Crippen molar-refractivity contribution in [2.75, 3.05) is 31.1 Å². The lowest BCUT2D eigenvalue weighted by molar-refractivity contribution is 0.574. The van der Waals surface area contributed by atoms with Crippen molar-refractivity contribution in [1.82, 2.24) is 14.7 Å². The molecular weight excluding hydrogens is 314 g/mol. The van der Waals surface area contributed by atoms with Gasteiger partial charge in [0, 0.05) is 31.6 Å². The fourth-order valence-corrected chi connectivity index (χ4v) is 3.90. The standard InChI is InChI=1S/C15H21N5O2S/c16-6-7-19-23(21,22)12-4-5-14-13(10-12)15(18-11-17-14)20-8-2-1-3-9-20/h4-5,10-11,19H,1-3,6-9,16H2. The lowest BCUT2D eigenvalue weighted by Gasteiger charge is -2.28. The Morgan fingerprint density at radius 3 is 2.70 bits per heavy atom. The van der Waals surface area contributed by atoms with Crippen LogP contribution >= 0.6 is 0 Å². The van der Waals surface area contributed by atoms with Crippen molar-refractivity contribution in [1.29, 1.82) is 0 Å². The molecule has 0 saturated carbocycles. The smallest absolute Gasteiger partial charge is 0.240 e. The van der Waals surface area contributed by atoms with Crippen LogP contribution in [0, 0.1) is 0 Å². The van der Waals surface area contributed by atoms with Gasteiger partial charge in [-0.05, 0) is 37.5 Å². The molecule has 8 heteroatoms. The Hall–Kier alpha value is -1.77. The highest BCUT2D eigenvalue weighted by molar-refractivity contribution is 7.89. The van der Waals surface area contributed by atoms with E-state index in [0.29, 0.717) is 0 Å². The van der Waals surface area contributed by atoms with Crippen molar-refractivity contribution in [3.63, 3.8) is 0 Å². The van der Waals surface area contributed by atoms with Crippen LogP contribution in [0.3, 0.4) is 0 Å². The summed E-state index contributed by atoms with van der Waals surface area (Å²) in [5.41, 5.74) is 6.12. The molecule has 1 fully saturated rings. The molecule has 0 amide bonds. The second-order valence-corrected chi connectivity index (χ2v) is 7.38. The summed E-state index contributed by atoms with van der Waals surface area (Å²) in [5.74, 6) is 0.811. The normalized spacial score (nSPS) is 16.0. The highest BCUT2D eigenvalue weighted by atomic mass is 32.2. The second kappa shape index (κ2) is 6.77. The van der Waals surface area contributed by atoms with Gasteiger partial charge in [0.2, 0.25) is 10.0 Å². The number of hydrogen-bond donors (Lipinski definition) is 2. The Balaban J connectivity index is 2.03. The van der Waals surface area contributed by atoms with Gasteiger partial charge in [-0.2, -0.15) is 0 Å². The quantitative estimate of drug-likeness (QED) is 0.840. The number of nitrogens with one attached hydrogen (secondary N) is 1. The number of nitrogens with zero attached hydrogens (tertiary/aromatic N) is 3. The van der Waals surface area contributed by atoms with Crippen molar-refractivity contribution in [2.45, 2.75) is 24.2 Å². The average molecular weight is 335 g/mol. The van der Waals surface area contributed by atoms with Crippen molar-refractivity contribution in [3.05, 3.63) is 24.5 Å². The third-order valence-electron chi connectivity index (χ3n) is 3.99. The van der Waals surface area contributed by atoms with Crippen LogP contribution in [0.5, 0.6) is 0 Å². The molecule has 0 aliphatic carbocycles. The number of hydrogen-bond acceptors (Lipinski definition) is 6. The van der Waals surface area contributed by atoms with Crippen LogP contribution in [0.4, 0.5) is 5.82 Å². The van der Waals surface area contributed by atoms with Crippen LogP contribution in [0.25, 0.3) is 10.9 Å². The minimum atomic E-state index is -3.57. The Kier molecular flexibility index (Phi) is 4.74. The van der Waals surface area contributed by atoms with E-state index in [1.807, 2.05) is 0 Å². The summed E-state index contributed by atoms with van der Waals surface area (Å²) in [6, 6.07) is 4.94. The van der Waals surface area contributed by atoms with Gasteiger partial charge in [-0.1, -0.05) is 0 Å². The SMILES string of the molecule is NCCNS(=O)(=O)c1ccc2ncnc(N3CCCCC3)c2c1. The first-order chi connectivity index (χ1) is 11.1. The van der Waals surface area contributed by atoms with Crippen LogP contribution in [-0.4, -0.2) is 44.6 Å². The number of aromatic nitrogens is 2. The summed E-state index contributed by atoms with van der Waals surface area (Å²) in [5, 5.41) is 0.769. The number of anilines is 1. The van der Waals surface area contributed by atoms with E-state index < -0.39 is 10.0 Å². The predicted octanol–water partition coefficient (Wildman–Crippen LogP) is 0.857. The van der Waals surface area contributed by atoms with Crippen molar-refractivity contribution in [3.8, 4) is 0 Å². The van der Waals surface area contributed by atoms with E-state index in [9.17, 15) is 8.42 Å². The molecule has 1 saturated heterocycles. The van der Waals surface area contributed by atoms with Gasteiger partial charge in [-0.15, -0.1) is 0 Å². The highest BCUT2D eigenvalue weighted by Gasteiger charge is 2.18. The zero-order valence-corrected chi connectivity index (χ0v) is 13.7. The maximum atomic E-state index is 12.3. The number of fused-ring (bicyclic) bond motifs is 1. The second-order valence-electron chi connectivity index (χ2n) is 5.61. The minimum Gasteiger partial charge on any atom is -0.356 e. The zero-order chi connectivity index (χ0) is 16.3. The number of benzene rings is 1. The number of nitrogens with two attached hydrogens (primary N) is 1. The Morgan fingerprint density at radius 2 is 1.96 bits per heavy atom. The van der Waals surface area contributed by atoms with Gasteiger partial charge in [0.25, 0.3) is 0 Å². The fraction of sp³-hybridized carbons (Fsp3) is 0.467. The van der Waals surface area contributed by atoms with E-state index in [-0.39, 0.29) is 18.0 Å². The summed E-state index contributed by atoms with van der Waals surface area (Å²) < 4.78 is 27.1. The van der Waals surface area contributed by atoms with Crippen molar-refractivity contribution in [2.24, 2.45) is 5.73 Å². The molecule has 1 aliphatic rings. The third-order valence-corrected chi connectivity index (χ3v) is 5.45. The molecule has 0 spiro atoms. The van der Waals surface area contributed by atoms with Crippen LogP contribution in [0.15, 0.2) is 29.4 Å². The molecule has 3 N–H and O–H groups in total. The van der Waals surface area contributed by atoms with E-state index in [2.05, 4.69) is 19.6 Å². The first kappa shape index (κ1) is 16.1. The van der Waals surface area contributed by atoms with Crippen molar-refractivity contribution < 1.29 is 8.42 Å². The van der Waals surface area contributed by atoms with E-state index >= 15 is 0 Å². The number of sulfonamides is 1. The monoisotopic (exact) mass is 335 g/mol. The molecule has 0 bridgehead atoms. The van der Waals surface area contributed by atoms with Crippen LogP contribution < -0.4 is 15.4 Å². The number of rotatable bonds is 5. The predicted molar refractivity (Wildman–Crippen MR) is 89.8 cm³/mol. The molecule has 0 atom stereocenters. The van der Waals surface area contributed by atoms with E-state index in [1.54, 1.807) is 18.2 Å². The maximum Gasteiger partial charge on any atom is 0.240 e. The molecule has 23 heavy (non-hydrogen) atoms. The summed E-state index contributed by atoms with van der Waals surface area (Å²) in [6.45, 7) is 2.35. The molecule has 7 nitrogen and oxygen atoms in total. The van der Waals surface area contributed by atoms with Gasteiger partial charge in [0.1, 0.15) is 12.1 Å². The first-order valence-corrected chi connectivity index (χ1v) is 9.29. The molecule has 0 unspecified atom stereocenters. The van der Waals surface area contributed by atoms with Crippen LogP contribution in [-0.2, 0) is 10.0 Å². The summed E-state index contributed by atoms with van der Waals surface area (Å²) in [4.78, 5) is 11.1. The highest BCUT2D eigenvalue weighted by Crippen LogP contribution is 2.27. The zero-order valence-electron chi connectivity index (χ0n) is 12.9. The van der Waals surface area contributed by atoms with E-state index in [4.69, 9.17) is 5.73 Å². The van der Waals surface area contributed by atoms with Gasteiger partial charge in [-0.3, -0.25) is 0 Å². The largest absolute Gasteiger partial charge is 0.356 e. The van der Waals surface area contributed by atoms with Gasteiger partial charge in [-0.25, -0.2) is 23.1 Å². The van der Waals surface area contributed by atoms with E-state index in [0.717, 1.165) is 42.7 Å². The van der Waals surface area contributed by atoms with Gasteiger partial charge >= 0.3 is 0 Å². The molecule has 0 radical (unpaired) electrons. The molecule has 2 heterocycles. The lowest BCUT2D eigenvalue weighted by atomic mass is 10.1. The molecule has 1 aromatic carbocycles. The summed E-state index contributed by atoms with van der Waals surface area (Å²) in [7, 11) is -3.57. The van der Waals surface area contributed by atoms with Crippen LogP contribution in [0.2, 0.25) is 0 Å². The maximum absolute atomic E-state index is 12.3. The average Bonchev–Trinajstić information content (AvgIpc) is 2.60. The van der Waals surface area contributed by atoms with E-state index in [1.165, 1.54) is 12.7 Å². The third kappa shape index (κ3) is 3.44. The first-order valence-electron chi connectivity index (χ1n) is 7.81. The molecular formula is C15H21N5O2S. The topological polar surface area (TPSA) is 101 Å². The molecule has 1 aromatic heterocycles. The fourth-order valence-electron chi connectivity index (χ4n) is 2.82. The summed E-state index contributed by atoms with van der Waals surface area (Å²) in [6.07, 6.45) is 5.01. The molecule has 3 rings (SSSR count). The molecule has 1 aliphatic heterocycles. The molecule has 124 valence electrons. The Morgan fingerprint density at radius 1 is 1.17 bits per heavy atom. The van der Waals surface area contributed by atoms with Gasteiger partial charge < -0.3 is 10.6 Å². The molecule has 2 aromatic rings. The van der Waals surface area contributed by atoms with Gasteiger partial charge in [0.05, 0.1) is 10.4 Å². The van der Waals surface area contributed by atoms with Crippen molar-refractivity contribution >= 4 is 26.7 Å².